The molecule has 0 amide bonds. The largest absolute Gasteiger partial charge is 0.573 e. The molecule has 0 N–H and O–H groups in total. The smallest absolute Gasteiger partial charge is 0.406 e. The molecule has 0 saturated heterocycles. The fourth-order valence-electron chi connectivity index (χ4n) is 1.60. The zero-order valence-corrected chi connectivity index (χ0v) is 11.6. The van der Waals surface area contributed by atoms with Gasteiger partial charge in [-0.15, -0.1) is 13.2 Å². The SMILES string of the molecule is O=Cc1c(Cl)cnc(-c2ccc(OC(F)(F)F)cc2)c1Cl. The average molecular weight is 336 g/mol. The lowest BCUT2D eigenvalue weighted by molar-refractivity contribution is -0.274. The van der Waals surface area contributed by atoms with Gasteiger partial charge < -0.3 is 4.74 Å². The number of aldehydes is 1. The van der Waals surface area contributed by atoms with E-state index in [0.29, 0.717) is 11.8 Å². The van der Waals surface area contributed by atoms with Gasteiger partial charge >= 0.3 is 6.36 Å². The Hall–Kier alpha value is -1.79. The summed E-state index contributed by atoms with van der Waals surface area (Å²) in [6, 6.07) is 4.93. The van der Waals surface area contributed by atoms with E-state index in [1.807, 2.05) is 0 Å². The molecule has 0 radical (unpaired) electrons. The Morgan fingerprint density at radius 1 is 1.14 bits per heavy atom. The third kappa shape index (κ3) is 3.65. The number of aromatic nitrogens is 1. The van der Waals surface area contributed by atoms with Gasteiger partial charge in [0.25, 0.3) is 0 Å². The molecular weight excluding hydrogens is 330 g/mol. The van der Waals surface area contributed by atoms with Crippen molar-refractivity contribution in [3.05, 3.63) is 46.1 Å². The summed E-state index contributed by atoms with van der Waals surface area (Å²) >= 11 is 11.8. The molecule has 0 unspecified atom stereocenters. The minimum Gasteiger partial charge on any atom is -0.406 e. The van der Waals surface area contributed by atoms with E-state index in [2.05, 4.69) is 9.72 Å². The number of carbonyl (C=O) groups excluding carboxylic acids is 1. The molecule has 8 heteroatoms. The Morgan fingerprint density at radius 2 is 1.76 bits per heavy atom. The minimum absolute atomic E-state index is 0.0296. The molecule has 110 valence electrons. The summed E-state index contributed by atoms with van der Waals surface area (Å²) in [6.07, 6.45) is -3.04. The maximum Gasteiger partial charge on any atom is 0.573 e. The molecule has 0 bridgehead atoms. The van der Waals surface area contributed by atoms with Gasteiger partial charge in [0.2, 0.25) is 0 Å². The Bertz CT molecular complexity index is 672. The highest BCUT2D eigenvalue weighted by Crippen LogP contribution is 2.33. The molecule has 0 atom stereocenters. The van der Waals surface area contributed by atoms with Gasteiger partial charge in [0, 0.05) is 11.8 Å². The second-order valence-electron chi connectivity index (χ2n) is 3.87. The minimum atomic E-state index is -4.76. The van der Waals surface area contributed by atoms with Crippen molar-refractivity contribution in [3.8, 4) is 17.0 Å². The number of rotatable bonds is 3. The Labute approximate surface area is 127 Å². The van der Waals surface area contributed by atoms with Crippen LogP contribution in [-0.4, -0.2) is 17.6 Å². The van der Waals surface area contributed by atoms with Crippen LogP contribution in [0.5, 0.6) is 5.75 Å². The summed E-state index contributed by atoms with van der Waals surface area (Å²) in [5.74, 6) is -0.369. The summed E-state index contributed by atoms with van der Waals surface area (Å²) in [5.41, 5.74) is 0.731. The standard InChI is InChI=1S/C13H6Cl2F3NO2/c14-10-5-19-12(11(15)9(10)6-20)7-1-3-8(4-2-7)21-13(16,17)18/h1-6H. The van der Waals surface area contributed by atoms with Crippen molar-refractivity contribution in [2.24, 2.45) is 0 Å². The van der Waals surface area contributed by atoms with Crippen LogP contribution in [-0.2, 0) is 0 Å². The molecule has 0 spiro atoms. The first kappa shape index (κ1) is 15.6. The number of ether oxygens (including phenoxy) is 1. The molecule has 0 aliphatic heterocycles. The number of hydrogen-bond donors (Lipinski definition) is 0. The molecule has 1 heterocycles. The molecule has 0 aliphatic carbocycles. The highest BCUT2D eigenvalue weighted by Gasteiger charge is 2.31. The normalized spacial score (nSPS) is 11.3. The van der Waals surface area contributed by atoms with E-state index < -0.39 is 6.36 Å². The van der Waals surface area contributed by atoms with Gasteiger partial charge in [-0.2, -0.15) is 0 Å². The van der Waals surface area contributed by atoms with Crippen LogP contribution in [0.4, 0.5) is 13.2 Å². The fourth-order valence-corrected chi connectivity index (χ4v) is 2.14. The quantitative estimate of drug-likeness (QED) is 0.758. The molecule has 0 aliphatic rings. The van der Waals surface area contributed by atoms with Crippen LogP contribution in [0.1, 0.15) is 10.4 Å². The zero-order chi connectivity index (χ0) is 15.6. The molecular formula is C13H6Cl2F3NO2. The first-order valence-electron chi connectivity index (χ1n) is 5.47. The van der Waals surface area contributed by atoms with Gasteiger partial charge in [-0.3, -0.25) is 9.78 Å². The Balaban J connectivity index is 2.38. The van der Waals surface area contributed by atoms with Crippen molar-refractivity contribution in [1.82, 2.24) is 4.98 Å². The van der Waals surface area contributed by atoms with E-state index in [-0.39, 0.29) is 27.1 Å². The van der Waals surface area contributed by atoms with E-state index in [9.17, 15) is 18.0 Å². The van der Waals surface area contributed by atoms with E-state index in [1.165, 1.54) is 18.3 Å². The van der Waals surface area contributed by atoms with Crippen molar-refractivity contribution in [3.63, 3.8) is 0 Å². The summed E-state index contributed by atoms with van der Waals surface area (Å²) < 4.78 is 39.9. The lowest BCUT2D eigenvalue weighted by Crippen LogP contribution is -2.16. The Kier molecular flexibility index (Phi) is 4.39. The summed E-state index contributed by atoms with van der Waals surface area (Å²) in [4.78, 5) is 14.9. The van der Waals surface area contributed by atoms with Gasteiger partial charge in [-0.1, -0.05) is 23.2 Å². The second kappa shape index (κ2) is 5.91. The van der Waals surface area contributed by atoms with E-state index in [0.717, 1.165) is 12.1 Å². The number of alkyl halides is 3. The third-order valence-electron chi connectivity index (χ3n) is 2.49. The molecule has 1 aromatic heterocycles. The predicted molar refractivity (Wildman–Crippen MR) is 71.8 cm³/mol. The van der Waals surface area contributed by atoms with Crippen molar-refractivity contribution >= 4 is 29.5 Å². The lowest BCUT2D eigenvalue weighted by Gasteiger charge is -2.10. The Morgan fingerprint density at radius 3 is 2.29 bits per heavy atom. The monoisotopic (exact) mass is 335 g/mol. The van der Waals surface area contributed by atoms with Crippen LogP contribution >= 0.6 is 23.2 Å². The average Bonchev–Trinajstić information content (AvgIpc) is 2.39. The second-order valence-corrected chi connectivity index (χ2v) is 4.66. The molecule has 1 aromatic carbocycles. The zero-order valence-electron chi connectivity index (χ0n) is 10.1. The maximum absolute atomic E-state index is 12.1. The van der Waals surface area contributed by atoms with E-state index >= 15 is 0 Å². The summed E-state index contributed by atoms with van der Waals surface area (Å²) in [6.45, 7) is 0. The van der Waals surface area contributed by atoms with Gasteiger partial charge in [-0.05, 0) is 24.3 Å². The van der Waals surface area contributed by atoms with E-state index in [4.69, 9.17) is 23.2 Å². The predicted octanol–water partition coefficient (Wildman–Crippen LogP) is 4.77. The van der Waals surface area contributed by atoms with Crippen LogP contribution in [0.2, 0.25) is 10.0 Å². The highest BCUT2D eigenvalue weighted by atomic mass is 35.5. The van der Waals surface area contributed by atoms with Crippen LogP contribution in [0.25, 0.3) is 11.3 Å². The van der Waals surface area contributed by atoms with Crippen LogP contribution in [0.3, 0.4) is 0 Å². The topological polar surface area (TPSA) is 39.2 Å². The van der Waals surface area contributed by atoms with Crippen LogP contribution in [0.15, 0.2) is 30.5 Å². The van der Waals surface area contributed by atoms with Gasteiger partial charge in [0.15, 0.2) is 6.29 Å². The number of hydrogen-bond acceptors (Lipinski definition) is 3. The van der Waals surface area contributed by atoms with Crippen LogP contribution < -0.4 is 4.74 Å². The fraction of sp³-hybridized carbons (Fsp3) is 0.0769. The summed E-state index contributed by atoms with van der Waals surface area (Å²) in [7, 11) is 0. The third-order valence-corrected chi connectivity index (χ3v) is 3.17. The number of pyridine rings is 1. The van der Waals surface area contributed by atoms with E-state index in [1.54, 1.807) is 0 Å². The molecule has 0 saturated carbocycles. The van der Waals surface area contributed by atoms with Gasteiger partial charge in [-0.25, -0.2) is 0 Å². The number of halogens is 5. The maximum atomic E-state index is 12.1. The van der Waals surface area contributed by atoms with Crippen molar-refractivity contribution in [2.45, 2.75) is 6.36 Å². The first-order chi connectivity index (χ1) is 9.81. The number of nitrogens with zero attached hydrogens (tertiary/aromatic N) is 1. The molecule has 2 aromatic rings. The highest BCUT2D eigenvalue weighted by molar-refractivity contribution is 6.39. The number of benzene rings is 1. The molecule has 2 rings (SSSR count). The first-order valence-corrected chi connectivity index (χ1v) is 6.23. The van der Waals surface area contributed by atoms with Crippen molar-refractivity contribution in [1.29, 1.82) is 0 Å². The van der Waals surface area contributed by atoms with Crippen molar-refractivity contribution in [2.75, 3.05) is 0 Å². The van der Waals surface area contributed by atoms with Crippen molar-refractivity contribution < 1.29 is 22.7 Å². The molecule has 0 fully saturated rings. The van der Waals surface area contributed by atoms with Crippen LogP contribution in [0, 0.1) is 0 Å². The molecule has 3 nitrogen and oxygen atoms in total. The number of carbonyl (C=O) groups is 1. The van der Waals surface area contributed by atoms with Gasteiger partial charge in [0.1, 0.15) is 5.75 Å². The van der Waals surface area contributed by atoms with Gasteiger partial charge in [0.05, 0.1) is 21.3 Å². The lowest BCUT2D eigenvalue weighted by atomic mass is 10.1. The summed E-state index contributed by atoms with van der Waals surface area (Å²) in [5, 5.41) is 0.123. The molecule has 21 heavy (non-hydrogen) atoms.